The average Bonchev–Trinajstić information content (AvgIpc) is 2.56. The molecule has 0 bridgehead atoms. The van der Waals surface area contributed by atoms with E-state index in [1.807, 2.05) is 0 Å². The lowest BCUT2D eigenvalue weighted by atomic mass is 9.95. The summed E-state index contributed by atoms with van der Waals surface area (Å²) < 4.78 is 5.02. The third-order valence-electron chi connectivity index (χ3n) is 3.93. The molecule has 4 nitrogen and oxygen atoms in total. The van der Waals surface area contributed by atoms with Gasteiger partial charge in [-0.15, -0.1) is 0 Å². The van der Waals surface area contributed by atoms with Crippen LogP contribution < -0.4 is 5.32 Å². The topological polar surface area (TPSA) is 55.4 Å². The van der Waals surface area contributed by atoms with Crippen molar-refractivity contribution in [2.45, 2.75) is 45.1 Å². The van der Waals surface area contributed by atoms with Gasteiger partial charge in [-0.1, -0.05) is 43.0 Å². The van der Waals surface area contributed by atoms with Gasteiger partial charge in [-0.05, 0) is 31.9 Å². The van der Waals surface area contributed by atoms with Crippen LogP contribution in [0.3, 0.4) is 0 Å². The zero-order valence-electron chi connectivity index (χ0n) is 13.3. The third-order valence-corrected chi connectivity index (χ3v) is 4.26. The number of esters is 1. The molecule has 0 amide bonds. The average molecular weight is 336 g/mol. The normalized spacial score (nSPS) is 16.0. The first-order valence-electron chi connectivity index (χ1n) is 8.06. The summed E-state index contributed by atoms with van der Waals surface area (Å²) >= 11 is 6.07. The zero-order chi connectivity index (χ0) is 16.7. The molecule has 5 heteroatoms. The summed E-state index contributed by atoms with van der Waals surface area (Å²) in [5.74, 6) is -1.04. The molecule has 0 radical (unpaired) electrons. The molecule has 0 aromatic heterocycles. The number of rotatable bonds is 6. The summed E-state index contributed by atoms with van der Waals surface area (Å²) in [5.41, 5.74) is 0.296. The van der Waals surface area contributed by atoms with Crippen molar-refractivity contribution in [3.63, 3.8) is 0 Å². The van der Waals surface area contributed by atoms with Crippen molar-refractivity contribution in [1.82, 2.24) is 5.32 Å². The molecule has 2 rings (SSSR count). The van der Waals surface area contributed by atoms with E-state index in [1.54, 1.807) is 31.2 Å². The summed E-state index contributed by atoms with van der Waals surface area (Å²) in [6.45, 7) is 1.93. The van der Waals surface area contributed by atoms with Gasteiger partial charge in [-0.25, -0.2) is 4.79 Å². The standard InChI is InChI=1S/C18H22ClNO3/c1-2-23-18(22)15(12-20-13-8-4-3-5-9-13)17(21)14-10-6-7-11-16(14)19/h6-7,10-13,20H,2-5,8-9H2,1H3. The van der Waals surface area contributed by atoms with Crippen LogP contribution >= 0.6 is 11.6 Å². The second kappa shape index (κ2) is 8.73. The molecule has 0 unspecified atom stereocenters. The number of nitrogens with one attached hydrogen (secondary N) is 1. The maximum Gasteiger partial charge on any atom is 0.343 e. The van der Waals surface area contributed by atoms with E-state index < -0.39 is 11.8 Å². The molecule has 0 saturated heterocycles. The van der Waals surface area contributed by atoms with Gasteiger partial charge in [-0.3, -0.25) is 4.79 Å². The van der Waals surface area contributed by atoms with Crippen LogP contribution in [0, 0.1) is 0 Å². The Kier molecular flexibility index (Phi) is 6.66. The summed E-state index contributed by atoms with van der Waals surface area (Å²) in [5, 5.41) is 3.53. The molecule has 0 heterocycles. The van der Waals surface area contributed by atoms with E-state index in [4.69, 9.17) is 16.3 Å². The lowest BCUT2D eigenvalue weighted by Crippen LogP contribution is -2.29. The first kappa shape index (κ1) is 17.5. The van der Waals surface area contributed by atoms with Gasteiger partial charge < -0.3 is 10.1 Å². The Labute approximate surface area is 141 Å². The Balaban J connectivity index is 2.21. The smallest absolute Gasteiger partial charge is 0.343 e. The molecule has 0 atom stereocenters. The van der Waals surface area contributed by atoms with Crippen LogP contribution in [-0.4, -0.2) is 24.4 Å². The number of benzene rings is 1. The minimum atomic E-state index is -0.624. The fourth-order valence-electron chi connectivity index (χ4n) is 2.69. The molecule has 1 saturated carbocycles. The molecule has 0 spiro atoms. The van der Waals surface area contributed by atoms with Crippen molar-refractivity contribution in [2.75, 3.05) is 6.61 Å². The molecule has 124 valence electrons. The largest absolute Gasteiger partial charge is 0.462 e. The number of Topliss-reactive ketones (excluding diaryl/α,β-unsaturated/α-hetero) is 1. The molecule has 1 N–H and O–H groups in total. The third kappa shape index (κ3) is 4.83. The number of ketones is 1. The van der Waals surface area contributed by atoms with E-state index in [2.05, 4.69) is 5.32 Å². The Morgan fingerprint density at radius 1 is 1.26 bits per heavy atom. The van der Waals surface area contributed by atoms with Gasteiger partial charge in [0.25, 0.3) is 0 Å². The van der Waals surface area contributed by atoms with E-state index in [9.17, 15) is 9.59 Å². The van der Waals surface area contributed by atoms with Gasteiger partial charge in [0.1, 0.15) is 5.57 Å². The van der Waals surface area contributed by atoms with Crippen LogP contribution in [0.5, 0.6) is 0 Å². The molecular weight excluding hydrogens is 314 g/mol. The Bertz CT molecular complexity index is 592. The van der Waals surface area contributed by atoms with Crippen LogP contribution in [0.15, 0.2) is 36.0 Å². The van der Waals surface area contributed by atoms with Crippen LogP contribution in [0.2, 0.25) is 5.02 Å². The van der Waals surface area contributed by atoms with E-state index in [0.29, 0.717) is 16.6 Å². The van der Waals surface area contributed by atoms with Gasteiger partial charge in [0.15, 0.2) is 0 Å². The van der Waals surface area contributed by atoms with Crippen LogP contribution in [0.25, 0.3) is 0 Å². The van der Waals surface area contributed by atoms with Crippen molar-refractivity contribution in [1.29, 1.82) is 0 Å². The van der Waals surface area contributed by atoms with E-state index in [0.717, 1.165) is 12.8 Å². The van der Waals surface area contributed by atoms with Gasteiger partial charge >= 0.3 is 5.97 Å². The van der Waals surface area contributed by atoms with Gasteiger partial charge in [-0.2, -0.15) is 0 Å². The summed E-state index contributed by atoms with van der Waals surface area (Å²) in [7, 11) is 0. The Morgan fingerprint density at radius 3 is 2.61 bits per heavy atom. The quantitative estimate of drug-likeness (QED) is 0.282. The number of hydrogen-bond donors (Lipinski definition) is 1. The van der Waals surface area contributed by atoms with Crippen LogP contribution in [0.4, 0.5) is 0 Å². The van der Waals surface area contributed by atoms with Gasteiger partial charge in [0.05, 0.1) is 11.6 Å². The van der Waals surface area contributed by atoms with Crippen LogP contribution in [-0.2, 0) is 9.53 Å². The molecule has 0 aliphatic heterocycles. The zero-order valence-corrected chi connectivity index (χ0v) is 14.1. The second-order valence-corrected chi connectivity index (χ2v) is 6.00. The second-order valence-electron chi connectivity index (χ2n) is 5.59. The predicted octanol–water partition coefficient (Wildman–Crippen LogP) is 3.89. The van der Waals surface area contributed by atoms with E-state index in [1.165, 1.54) is 25.5 Å². The minimum absolute atomic E-state index is 0.00877. The maximum atomic E-state index is 12.7. The maximum absolute atomic E-state index is 12.7. The highest BCUT2D eigenvalue weighted by Crippen LogP contribution is 2.21. The first-order chi connectivity index (χ1) is 11.1. The molecule has 1 aliphatic carbocycles. The number of halogens is 1. The number of carbonyl (C=O) groups is 2. The highest BCUT2D eigenvalue weighted by atomic mass is 35.5. The molecule has 1 aromatic rings. The van der Waals surface area contributed by atoms with Crippen molar-refractivity contribution < 1.29 is 14.3 Å². The molecule has 1 aliphatic rings. The fourth-order valence-corrected chi connectivity index (χ4v) is 2.91. The SMILES string of the molecule is CCOC(=O)C(=CNC1CCCCC1)C(=O)c1ccccc1Cl. The summed E-state index contributed by atoms with van der Waals surface area (Å²) in [4.78, 5) is 24.8. The summed E-state index contributed by atoms with van der Waals surface area (Å²) in [6, 6.07) is 7.00. The van der Waals surface area contributed by atoms with Crippen molar-refractivity contribution in [3.8, 4) is 0 Å². The molecule has 1 fully saturated rings. The fraction of sp³-hybridized carbons (Fsp3) is 0.444. The van der Waals surface area contributed by atoms with E-state index in [-0.39, 0.29) is 12.2 Å². The first-order valence-corrected chi connectivity index (χ1v) is 8.43. The van der Waals surface area contributed by atoms with Crippen molar-refractivity contribution in [2.24, 2.45) is 0 Å². The Hall–Kier alpha value is -1.81. The predicted molar refractivity (Wildman–Crippen MR) is 90.5 cm³/mol. The highest BCUT2D eigenvalue weighted by Gasteiger charge is 2.23. The van der Waals surface area contributed by atoms with Gasteiger partial charge in [0.2, 0.25) is 5.78 Å². The van der Waals surface area contributed by atoms with Crippen molar-refractivity contribution >= 4 is 23.4 Å². The molecule has 1 aromatic carbocycles. The van der Waals surface area contributed by atoms with E-state index >= 15 is 0 Å². The number of ether oxygens (including phenoxy) is 1. The summed E-state index contributed by atoms with van der Waals surface area (Å²) in [6.07, 6.45) is 7.17. The minimum Gasteiger partial charge on any atom is -0.462 e. The lowest BCUT2D eigenvalue weighted by Gasteiger charge is -2.22. The number of hydrogen-bond acceptors (Lipinski definition) is 4. The monoisotopic (exact) mass is 335 g/mol. The molecule has 23 heavy (non-hydrogen) atoms. The molecular formula is C18H22ClNO3. The van der Waals surface area contributed by atoms with Gasteiger partial charge in [0, 0.05) is 17.8 Å². The van der Waals surface area contributed by atoms with Crippen molar-refractivity contribution in [3.05, 3.63) is 46.6 Å². The lowest BCUT2D eigenvalue weighted by molar-refractivity contribution is -0.138. The Morgan fingerprint density at radius 2 is 1.96 bits per heavy atom. The number of carbonyl (C=O) groups excluding carboxylic acids is 2. The highest BCUT2D eigenvalue weighted by molar-refractivity contribution is 6.36. The van der Waals surface area contributed by atoms with Crippen LogP contribution in [0.1, 0.15) is 49.4 Å².